The Morgan fingerprint density at radius 3 is 1.88 bits per heavy atom. The highest BCUT2D eigenvalue weighted by atomic mass is 16.7. The molecule has 2 aromatic carbocycles. The molecule has 0 radical (unpaired) electrons. The van der Waals surface area contributed by atoms with Crippen molar-refractivity contribution >= 4 is 17.8 Å². The van der Waals surface area contributed by atoms with Crippen molar-refractivity contribution in [3.05, 3.63) is 71.3 Å². The second kappa shape index (κ2) is 6.72. The molecule has 0 spiro atoms. The first kappa shape index (κ1) is 17.8. The molecule has 6 heteroatoms. The molecule has 134 valence electrons. The monoisotopic (exact) mass is 353 g/mol. The molecule has 2 aromatic rings. The molecule has 0 N–H and O–H groups in total. The third-order valence-corrected chi connectivity index (χ3v) is 3.69. The molecule has 6 nitrogen and oxygen atoms in total. The maximum Gasteiger partial charge on any atom is 0.343 e. The zero-order valence-corrected chi connectivity index (χ0v) is 14.8. The first-order valence-corrected chi connectivity index (χ1v) is 8.20. The first-order chi connectivity index (χ1) is 12.3. The van der Waals surface area contributed by atoms with Crippen molar-refractivity contribution in [1.82, 2.24) is 5.06 Å². The Labute approximate surface area is 151 Å². The van der Waals surface area contributed by atoms with Gasteiger partial charge >= 0.3 is 5.97 Å². The smallest absolute Gasteiger partial charge is 0.343 e. The van der Waals surface area contributed by atoms with E-state index in [0.717, 1.165) is 0 Å². The Kier molecular flexibility index (Phi) is 4.61. The fourth-order valence-corrected chi connectivity index (χ4v) is 2.59. The molecule has 0 saturated carbocycles. The number of nitrogens with zero attached hydrogens (tertiary/aromatic N) is 1. The molecule has 0 bridgehead atoms. The predicted molar refractivity (Wildman–Crippen MR) is 93.1 cm³/mol. The Morgan fingerprint density at radius 2 is 1.38 bits per heavy atom. The minimum absolute atomic E-state index is 0.244. The van der Waals surface area contributed by atoms with E-state index < -0.39 is 29.5 Å². The number of hydrogen-bond donors (Lipinski definition) is 0. The van der Waals surface area contributed by atoms with Crippen LogP contribution in [0.5, 0.6) is 0 Å². The standard InChI is InChI=1S/C20H19NO5/c1-20(2,3)25-19(24)16(13-9-5-4-6-10-13)26-21-17(22)14-11-7-8-12-15(14)18(21)23/h4-12,16H,1-3H3/t16-/m1/s1. The SMILES string of the molecule is CC(C)(C)OC(=O)[C@H](ON1C(=O)c2ccccc2C1=O)c1ccccc1. The molecule has 1 aliphatic heterocycles. The lowest BCUT2D eigenvalue weighted by molar-refractivity contribution is -0.190. The van der Waals surface area contributed by atoms with Gasteiger partial charge in [-0.2, -0.15) is 0 Å². The van der Waals surface area contributed by atoms with Gasteiger partial charge in [-0.15, -0.1) is 5.06 Å². The topological polar surface area (TPSA) is 72.9 Å². The summed E-state index contributed by atoms with van der Waals surface area (Å²) < 4.78 is 5.40. The molecule has 0 fully saturated rings. The summed E-state index contributed by atoms with van der Waals surface area (Å²) in [7, 11) is 0. The van der Waals surface area contributed by atoms with Crippen LogP contribution in [0.2, 0.25) is 0 Å². The van der Waals surface area contributed by atoms with Gasteiger partial charge < -0.3 is 4.74 Å². The van der Waals surface area contributed by atoms with Gasteiger partial charge in [0.15, 0.2) is 0 Å². The zero-order chi connectivity index (χ0) is 18.9. The number of imide groups is 1. The van der Waals surface area contributed by atoms with Crippen LogP contribution in [0.3, 0.4) is 0 Å². The molecular formula is C20H19NO5. The van der Waals surface area contributed by atoms with E-state index in [0.29, 0.717) is 10.6 Å². The van der Waals surface area contributed by atoms with Crippen molar-refractivity contribution in [2.75, 3.05) is 0 Å². The van der Waals surface area contributed by atoms with Gasteiger partial charge in [-0.3, -0.25) is 9.59 Å². The maximum absolute atomic E-state index is 12.6. The molecule has 1 heterocycles. The summed E-state index contributed by atoms with van der Waals surface area (Å²) in [5.41, 5.74) is 0.232. The Morgan fingerprint density at radius 1 is 0.885 bits per heavy atom. The van der Waals surface area contributed by atoms with E-state index in [-0.39, 0.29) is 11.1 Å². The van der Waals surface area contributed by atoms with Gasteiger partial charge in [0.1, 0.15) is 5.60 Å². The van der Waals surface area contributed by atoms with Crippen LogP contribution >= 0.6 is 0 Å². The number of rotatable bonds is 4. The van der Waals surface area contributed by atoms with E-state index in [4.69, 9.17) is 9.57 Å². The fraction of sp³-hybridized carbons (Fsp3) is 0.250. The van der Waals surface area contributed by atoms with Gasteiger partial charge in [-0.1, -0.05) is 42.5 Å². The molecule has 0 aliphatic carbocycles. The molecule has 0 saturated heterocycles. The van der Waals surface area contributed by atoms with Gasteiger partial charge in [-0.05, 0) is 38.5 Å². The minimum atomic E-state index is -1.24. The average Bonchev–Trinajstić information content (AvgIpc) is 2.83. The van der Waals surface area contributed by atoms with Crippen LogP contribution < -0.4 is 0 Å². The van der Waals surface area contributed by atoms with E-state index in [9.17, 15) is 14.4 Å². The molecule has 3 rings (SSSR count). The lowest BCUT2D eigenvalue weighted by atomic mass is 10.1. The summed E-state index contributed by atoms with van der Waals surface area (Å²) in [5.74, 6) is -1.88. The van der Waals surface area contributed by atoms with Gasteiger partial charge in [0.05, 0.1) is 11.1 Å². The van der Waals surface area contributed by atoms with E-state index in [1.54, 1.807) is 75.4 Å². The van der Waals surface area contributed by atoms with Crippen molar-refractivity contribution in [3.8, 4) is 0 Å². The van der Waals surface area contributed by atoms with Crippen molar-refractivity contribution in [3.63, 3.8) is 0 Å². The van der Waals surface area contributed by atoms with E-state index >= 15 is 0 Å². The highest BCUT2D eigenvalue weighted by Crippen LogP contribution is 2.29. The summed E-state index contributed by atoms with van der Waals surface area (Å²) in [6.45, 7) is 5.19. The highest BCUT2D eigenvalue weighted by molar-refractivity contribution is 6.20. The third-order valence-electron chi connectivity index (χ3n) is 3.69. The number of esters is 1. The number of carbonyl (C=O) groups is 3. The molecule has 26 heavy (non-hydrogen) atoms. The normalized spacial score (nSPS) is 15.0. The third kappa shape index (κ3) is 3.50. The maximum atomic E-state index is 12.6. The van der Waals surface area contributed by atoms with Crippen LogP contribution in [-0.4, -0.2) is 28.4 Å². The lowest BCUT2D eigenvalue weighted by Gasteiger charge is -2.26. The van der Waals surface area contributed by atoms with Crippen molar-refractivity contribution in [2.24, 2.45) is 0 Å². The van der Waals surface area contributed by atoms with Crippen molar-refractivity contribution < 1.29 is 24.0 Å². The molecule has 0 aromatic heterocycles. The molecule has 0 unspecified atom stereocenters. The van der Waals surface area contributed by atoms with E-state index in [2.05, 4.69) is 0 Å². The highest BCUT2D eigenvalue weighted by Gasteiger charge is 2.40. The fourth-order valence-electron chi connectivity index (χ4n) is 2.59. The van der Waals surface area contributed by atoms with Crippen molar-refractivity contribution in [1.29, 1.82) is 0 Å². The molecular weight excluding hydrogens is 334 g/mol. The van der Waals surface area contributed by atoms with Gasteiger partial charge in [0.2, 0.25) is 6.10 Å². The number of fused-ring (bicyclic) bond motifs is 1. The number of carbonyl (C=O) groups excluding carboxylic acids is 3. The Hall–Kier alpha value is -2.99. The number of hydroxylamine groups is 2. The van der Waals surface area contributed by atoms with Crippen LogP contribution in [0.25, 0.3) is 0 Å². The number of hydrogen-bond acceptors (Lipinski definition) is 5. The summed E-state index contributed by atoms with van der Waals surface area (Å²) in [6, 6.07) is 15.0. The predicted octanol–water partition coefficient (Wildman–Crippen LogP) is 3.30. The Balaban J connectivity index is 1.91. The van der Waals surface area contributed by atoms with Crippen LogP contribution in [0.1, 0.15) is 53.2 Å². The molecule has 1 atom stereocenters. The quantitative estimate of drug-likeness (QED) is 0.623. The van der Waals surface area contributed by atoms with Gasteiger partial charge in [0, 0.05) is 0 Å². The number of ether oxygens (including phenoxy) is 1. The molecule has 1 aliphatic rings. The lowest BCUT2D eigenvalue weighted by Crippen LogP contribution is -2.36. The first-order valence-electron chi connectivity index (χ1n) is 8.20. The summed E-state index contributed by atoms with van der Waals surface area (Å²) in [4.78, 5) is 43.2. The average molecular weight is 353 g/mol. The van der Waals surface area contributed by atoms with E-state index in [1.807, 2.05) is 0 Å². The van der Waals surface area contributed by atoms with Crippen LogP contribution in [0.4, 0.5) is 0 Å². The largest absolute Gasteiger partial charge is 0.458 e. The minimum Gasteiger partial charge on any atom is -0.458 e. The van der Waals surface area contributed by atoms with Crippen LogP contribution in [-0.2, 0) is 14.4 Å². The van der Waals surface area contributed by atoms with Gasteiger partial charge in [0.25, 0.3) is 11.8 Å². The summed E-state index contributed by atoms with van der Waals surface area (Å²) in [6.07, 6.45) is -1.24. The number of amides is 2. The summed E-state index contributed by atoms with van der Waals surface area (Å²) in [5, 5.41) is 0.631. The van der Waals surface area contributed by atoms with Gasteiger partial charge in [-0.25, -0.2) is 9.63 Å². The van der Waals surface area contributed by atoms with Crippen molar-refractivity contribution in [2.45, 2.75) is 32.5 Å². The second-order valence-corrected chi connectivity index (χ2v) is 6.88. The Bertz CT molecular complexity index is 819. The zero-order valence-electron chi connectivity index (χ0n) is 14.8. The van der Waals surface area contributed by atoms with E-state index in [1.165, 1.54) is 0 Å². The van der Waals surface area contributed by atoms with Crippen LogP contribution in [0.15, 0.2) is 54.6 Å². The summed E-state index contributed by atoms with van der Waals surface area (Å²) >= 11 is 0. The number of benzene rings is 2. The second-order valence-electron chi connectivity index (χ2n) is 6.88. The van der Waals surface area contributed by atoms with Crippen LogP contribution in [0, 0.1) is 0 Å². The molecule has 2 amide bonds.